The van der Waals surface area contributed by atoms with Crippen LogP contribution in [-0.2, 0) is 18.4 Å². The first-order valence-electron chi connectivity index (χ1n) is 16.4. The lowest BCUT2D eigenvalue weighted by atomic mass is 9.89. The normalized spacial score (nSPS) is 15.8. The number of hydrogen-bond donors (Lipinski definition) is 3. The summed E-state index contributed by atoms with van der Waals surface area (Å²) in [6, 6.07) is 24.1. The van der Waals surface area contributed by atoms with E-state index in [2.05, 4.69) is 27.0 Å². The highest BCUT2D eigenvalue weighted by Gasteiger charge is 2.31. The zero-order valence-electron chi connectivity index (χ0n) is 28.1. The van der Waals surface area contributed by atoms with Crippen molar-refractivity contribution < 1.29 is 9.59 Å². The van der Waals surface area contributed by atoms with Gasteiger partial charge in [-0.05, 0) is 75.7 Å². The summed E-state index contributed by atoms with van der Waals surface area (Å²) < 4.78 is 1.50. The highest BCUT2D eigenvalue weighted by molar-refractivity contribution is 6.03. The molecule has 0 bridgehead atoms. The van der Waals surface area contributed by atoms with Gasteiger partial charge in [0.25, 0.3) is 0 Å². The molecule has 1 aliphatic rings. The van der Waals surface area contributed by atoms with Crippen LogP contribution in [0.25, 0.3) is 11.1 Å². The number of nitriles is 1. The Labute approximate surface area is 286 Å². The van der Waals surface area contributed by atoms with Gasteiger partial charge in [0.2, 0.25) is 11.5 Å². The fourth-order valence-electron chi connectivity index (χ4n) is 5.92. The van der Waals surface area contributed by atoms with Crippen LogP contribution >= 0.6 is 0 Å². The van der Waals surface area contributed by atoms with E-state index in [1.165, 1.54) is 16.7 Å². The molecule has 0 aliphatic heterocycles. The molecule has 3 N–H and O–H groups in total. The number of hydrogen-bond acceptors (Lipinski definition) is 7. The first kappa shape index (κ1) is 34.6. The van der Waals surface area contributed by atoms with Gasteiger partial charge in [0.1, 0.15) is 11.9 Å². The van der Waals surface area contributed by atoms with Crippen LogP contribution in [0.1, 0.15) is 36.8 Å². The maximum absolute atomic E-state index is 14.0. The average Bonchev–Trinajstić information content (AvgIpc) is 3.10. The van der Waals surface area contributed by atoms with Crippen molar-refractivity contribution in [2.24, 2.45) is 7.05 Å². The molecule has 0 radical (unpaired) electrons. The number of carbonyl (C=O) groups is 2. The van der Waals surface area contributed by atoms with Crippen LogP contribution in [0.15, 0.2) is 102 Å². The van der Waals surface area contributed by atoms with Gasteiger partial charge in [-0.3, -0.25) is 14.5 Å². The third-order valence-corrected chi connectivity index (χ3v) is 8.49. The van der Waals surface area contributed by atoms with Crippen molar-refractivity contribution >= 4 is 29.1 Å². The predicted octanol–water partition coefficient (Wildman–Crippen LogP) is 5.51. The molecule has 2 aromatic heterocycles. The number of likely N-dealkylation sites (N-methyl/N-ethyl adjacent to an activating group) is 1. The van der Waals surface area contributed by atoms with Crippen molar-refractivity contribution in [1.82, 2.24) is 19.8 Å². The minimum absolute atomic E-state index is 0.102. The van der Waals surface area contributed by atoms with Crippen molar-refractivity contribution in [3.05, 3.63) is 119 Å². The van der Waals surface area contributed by atoms with Gasteiger partial charge < -0.3 is 25.4 Å². The number of amides is 3. The Bertz CT molecular complexity index is 1870. The van der Waals surface area contributed by atoms with Crippen LogP contribution in [0.3, 0.4) is 0 Å². The SMILES string of the molecule is CN(C)C/C=C/C(=O)Nc1cc(N(C(=O)NCc2ccccc2)C2CCC(Nc3ccc(C#N)cn3)CC2)ccc1-c1ccc(=O)n(C)c1. The molecule has 2 heterocycles. The Morgan fingerprint density at radius 1 is 1.02 bits per heavy atom. The van der Waals surface area contributed by atoms with Crippen LogP contribution < -0.4 is 26.4 Å². The van der Waals surface area contributed by atoms with Crippen LogP contribution in [0.2, 0.25) is 0 Å². The fraction of sp³-hybridized carbons (Fsp3) is 0.289. The van der Waals surface area contributed by atoms with Crippen LogP contribution in [0, 0.1) is 11.3 Å². The molecule has 49 heavy (non-hydrogen) atoms. The molecular formula is C38H42N8O3. The predicted molar refractivity (Wildman–Crippen MR) is 193 cm³/mol. The van der Waals surface area contributed by atoms with Crippen molar-refractivity contribution in [2.45, 2.75) is 44.3 Å². The third kappa shape index (κ3) is 9.43. The lowest BCUT2D eigenvalue weighted by Crippen LogP contribution is -2.48. The van der Waals surface area contributed by atoms with E-state index < -0.39 is 0 Å². The summed E-state index contributed by atoms with van der Waals surface area (Å²) in [7, 11) is 5.53. The molecule has 0 spiro atoms. The highest BCUT2D eigenvalue weighted by Crippen LogP contribution is 2.35. The fourth-order valence-corrected chi connectivity index (χ4v) is 5.92. The Morgan fingerprint density at radius 3 is 2.47 bits per heavy atom. The molecule has 0 saturated heterocycles. The number of benzene rings is 2. The second-order valence-electron chi connectivity index (χ2n) is 12.5. The number of aromatic nitrogens is 2. The number of pyridine rings is 2. The smallest absolute Gasteiger partial charge is 0.322 e. The molecule has 4 aromatic rings. The third-order valence-electron chi connectivity index (χ3n) is 8.49. The minimum Gasteiger partial charge on any atom is -0.367 e. The van der Waals surface area contributed by atoms with E-state index in [9.17, 15) is 14.4 Å². The molecule has 11 heteroatoms. The number of urea groups is 1. The lowest BCUT2D eigenvalue weighted by molar-refractivity contribution is -0.111. The van der Waals surface area contributed by atoms with Gasteiger partial charge >= 0.3 is 6.03 Å². The molecule has 0 unspecified atom stereocenters. The van der Waals surface area contributed by atoms with Gasteiger partial charge in [-0.15, -0.1) is 0 Å². The summed E-state index contributed by atoms with van der Waals surface area (Å²) in [5.74, 6) is 0.419. The summed E-state index contributed by atoms with van der Waals surface area (Å²) >= 11 is 0. The number of nitrogens with zero attached hydrogens (tertiary/aromatic N) is 5. The largest absolute Gasteiger partial charge is 0.367 e. The number of anilines is 3. The lowest BCUT2D eigenvalue weighted by Gasteiger charge is -2.37. The number of carbonyl (C=O) groups excluding carboxylic acids is 2. The first-order valence-corrected chi connectivity index (χ1v) is 16.4. The number of rotatable bonds is 11. The minimum atomic E-state index is -0.298. The second-order valence-corrected chi connectivity index (χ2v) is 12.5. The van der Waals surface area contributed by atoms with Crippen LogP contribution in [0.4, 0.5) is 22.0 Å². The van der Waals surface area contributed by atoms with Crippen molar-refractivity contribution in [2.75, 3.05) is 36.2 Å². The molecule has 1 aliphatic carbocycles. The van der Waals surface area contributed by atoms with Gasteiger partial charge in [-0.1, -0.05) is 42.5 Å². The summed E-state index contributed by atoms with van der Waals surface area (Å²) in [6.07, 6.45) is 9.67. The van der Waals surface area contributed by atoms with E-state index in [1.54, 1.807) is 42.6 Å². The summed E-state index contributed by atoms with van der Waals surface area (Å²) in [6.45, 7) is 0.975. The standard InChI is InChI=1S/C38H42N8O3/c1-44(2)21-7-10-36(47)43-34-22-32(17-18-33(34)29-12-20-37(48)45(3)26-29)46(38(49)41-24-27-8-5-4-6-9-27)31-15-13-30(14-16-31)42-35-19-11-28(23-39)25-40-35/h4-12,17-20,22,25-26,30-31H,13-16,21,24H2,1-3H3,(H,40,42)(H,41,49)(H,43,47)/b10-7+. The zero-order chi connectivity index (χ0) is 34.8. The topological polar surface area (TPSA) is 135 Å². The van der Waals surface area contributed by atoms with Gasteiger partial charge in [0.15, 0.2) is 0 Å². The van der Waals surface area contributed by atoms with Gasteiger partial charge in [0, 0.05) is 73.6 Å². The first-order chi connectivity index (χ1) is 23.7. The zero-order valence-corrected chi connectivity index (χ0v) is 28.1. The average molecular weight is 659 g/mol. The summed E-state index contributed by atoms with van der Waals surface area (Å²) in [5, 5.41) is 18.7. The quantitative estimate of drug-likeness (QED) is 0.181. The Hall–Kier alpha value is -5.73. The molecule has 5 rings (SSSR count). The van der Waals surface area contributed by atoms with Crippen molar-refractivity contribution in [1.29, 1.82) is 5.26 Å². The molecule has 2 aromatic carbocycles. The molecule has 11 nitrogen and oxygen atoms in total. The Kier molecular flexibility index (Phi) is 11.6. The monoisotopic (exact) mass is 658 g/mol. The maximum Gasteiger partial charge on any atom is 0.322 e. The molecule has 3 amide bonds. The van der Waals surface area contributed by atoms with Crippen molar-refractivity contribution in [3.63, 3.8) is 0 Å². The van der Waals surface area contributed by atoms with Gasteiger partial charge in [0.05, 0.1) is 11.3 Å². The number of nitrogens with one attached hydrogen (secondary N) is 3. The van der Waals surface area contributed by atoms with E-state index >= 15 is 0 Å². The van der Waals surface area contributed by atoms with Crippen LogP contribution in [-0.4, -0.2) is 59.1 Å². The summed E-state index contributed by atoms with van der Waals surface area (Å²) in [5.41, 5.74) is 4.01. The van der Waals surface area contributed by atoms with Gasteiger partial charge in [-0.2, -0.15) is 5.26 Å². The summed E-state index contributed by atoms with van der Waals surface area (Å²) in [4.78, 5) is 47.4. The van der Waals surface area contributed by atoms with Crippen molar-refractivity contribution in [3.8, 4) is 17.2 Å². The number of aryl methyl sites for hydroxylation is 1. The van der Waals surface area contributed by atoms with E-state index in [4.69, 9.17) is 5.26 Å². The maximum atomic E-state index is 14.0. The van der Waals surface area contributed by atoms with E-state index in [-0.39, 0.29) is 29.6 Å². The van der Waals surface area contributed by atoms with E-state index in [0.717, 1.165) is 42.4 Å². The van der Waals surface area contributed by atoms with Crippen LogP contribution in [0.5, 0.6) is 0 Å². The molecule has 1 saturated carbocycles. The molecule has 0 atom stereocenters. The Morgan fingerprint density at radius 2 is 1.80 bits per heavy atom. The molecular weight excluding hydrogens is 616 g/mol. The van der Waals surface area contributed by atoms with Gasteiger partial charge in [-0.25, -0.2) is 9.78 Å². The molecule has 1 fully saturated rings. The second kappa shape index (κ2) is 16.4. The van der Waals surface area contributed by atoms with E-state index in [0.29, 0.717) is 35.8 Å². The molecule has 252 valence electrons. The Balaban J connectivity index is 1.44. The van der Waals surface area contributed by atoms with E-state index in [1.807, 2.05) is 73.6 Å². The highest BCUT2D eigenvalue weighted by atomic mass is 16.2.